The van der Waals surface area contributed by atoms with Crippen molar-refractivity contribution >= 4 is 5.97 Å². The Labute approximate surface area is 85.5 Å². The molecule has 0 saturated heterocycles. The van der Waals surface area contributed by atoms with E-state index in [2.05, 4.69) is 0 Å². The Bertz CT molecular complexity index is 231. The minimum atomic E-state index is -0.853. The quantitative estimate of drug-likeness (QED) is 0.706. The molecule has 0 aromatic heterocycles. The van der Waals surface area contributed by atoms with Crippen molar-refractivity contribution in [1.29, 1.82) is 0 Å². The molecule has 1 unspecified atom stereocenters. The third kappa shape index (κ3) is 1.34. The van der Waals surface area contributed by atoms with Gasteiger partial charge in [0.1, 0.15) is 0 Å². The van der Waals surface area contributed by atoms with Crippen LogP contribution in [0.4, 0.5) is 0 Å². The third-order valence-corrected chi connectivity index (χ3v) is 3.91. The van der Waals surface area contributed by atoms with Crippen molar-refractivity contribution in [3.05, 3.63) is 0 Å². The summed E-state index contributed by atoms with van der Waals surface area (Å²) in [6, 6.07) is 0. The summed E-state index contributed by atoms with van der Waals surface area (Å²) in [5.41, 5.74) is -1.62. The zero-order valence-corrected chi connectivity index (χ0v) is 9.46. The lowest BCUT2D eigenvalue weighted by Gasteiger charge is -2.50. The number of methoxy groups -OCH3 is 1. The largest absolute Gasteiger partial charge is 0.469 e. The number of ether oxygens (including phenoxy) is 1. The van der Waals surface area contributed by atoms with E-state index in [0.717, 1.165) is 6.42 Å². The lowest BCUT2D eigenvalue weighted by atomic mass is 9.57. The molecule has 0 radical (unpaired) electrons. The average molecular weight is 200 g/mol. The van der Waals surface area contributed by atoms with Crippen LogP contribution in [-0.2, 0) is 9.53 Å². The Morgan fingerprint density at radius 1 is 1.50 bits per heavy atom. The van der Waals surface area contributed by atoms with Gasteiger partial charge in [-0.15, -0.1) is 0 Å². The summed E-state index contributed by atoms with van der Waals surface area (Å²) in [6.45, 7) is 5.71. The highest BCUT2D eigenvalue weighted by molar-refractivity contribution is 5.78. The molecule has 1 fully saturated rings. The molecular formula is C11H20O3. The maximum absolute atomic E-state index is 11.7. The second-order valence-corrected chi connectivity index (χ2v) is 4.73. The summed E-state index contributed by atoms with van der Waals surface area (Å²) < 4.78 is 4.80. The van der Waals surface area contributed by atoms with Crippen LogP contribution in [0, 0.1) is 11.3 Å². The number of carbonyl (C=O) groups excluding carboxylic acids is 1. The summed E-state index contributed by atoms with van der Waals surface area (Å²) in [4.78, 5) is 11.7. The van der Waals surface area contributed by atoms with Crippen molar-refractivity contribution in [1.82, 2.24) is 0 Å². The van der Waals surface area contributed by atoms with Gasteiger partial charge >= 0.3 is 5.97 Å². The van der Waals surface area contributed by atoms with Crippen molar-refractivity contribution in [3.8, 4) is 0 Å². The van der Waals surface area contributed by atoms with E-state index in [1.54, 1.807) is 0 Å². The number of carbonyl (C=O) groups is 1. The first-order valence-electron chi connectivity index (χ1n) is 5.19. The summed E-state index contributed by atoms with van der Waals surface area (Å²) in [5.74, 6) is -0.213. The van der Waals surface area contributed by atoms with E-state index < -0.39 is 11.0 Å². The Kier molecular flexibility index (Phi) is 2.91. The van der Waals surface area contributed by atoms with E-state index in [0.29, 0.717) is 12.8 Å². The lowest BCUT2D eigenvalue weighted by Crippen LogP contribution is -2.58. The normalized spacial score (nSPS) is 23.9. The number of hydrogen-bond acceptors (Lipinski definition) is 3. The molecule has 14 heavy (non-hydrogen) atoms. The first-order chi connectivity index (χ1) is 6.38. The Balaban J connectivity index is 2.98. The molecule has 0 aromatic rings. The predicted octanol–water partition coefficient (Wildman–Crippen LogP) is 1.74. The molecule has 1 rings (SSSR count). The summed E-state index contributed by atoms with van der Waals surface area (Å²) >= 11 is 0. The van der Waals surface area contributed by atoms with Crippen LogP contribution in [0.5, 0.6) is 0 Å². The number of esters is 1. The Hall–Kier alpha value is -0.570. The van der Waals surface area contributed by atoms with Crippen LogP contribution < -0.4 is 0 Å². The van der Waals surface area contributed by atoms with Gasteiger partial charge in [0.25, 0.3) is 0 Å². The fourth-order valence-corrected chi connectivity index (χ4v) is 2.21. The minimum Gasteiger partial charge on any atom is -0.469 e. The van der Waals surface area contributed by atoms with Gasteiger partial charge in [0, 0.05) is 0 Å². The fraction of sp³-hybridized carbons (Fsp3) is 0.909. The third-order valence-electron chi connectivity index (χ3n) is 3.91. The summed E-state index contributed by atoms with van der Waals surface area (Å²) in [5, 5.41) is 10.3. The van der Waals surface area contributed by atoms with Gasteiger partial charge in [0.05, 0.1) is 18.1 Å². The van der Waals surface area contributed by atoms with Crippen molar-refractivity contribution in [2.45, 2.75) is 45.6 Å². The molecule has 1 saturated carbocycles. The summed E-state index contributed by atoms with van der Waals surface area (Å²) in [6.07, 6.45) is 2.41. The second kappa shape index (κ2) is 3.54. The fourth-order valence-electron chi connectivity index (χ4n) is 2.21. The van der Waals surface area contributed by atoms with Crippen LogP contribution in [0.15, 0.2) is 0 Å². The van der Waals surface area contributed by atoms with Gasteiger partial charge in [-0.1, -0.05) is 13.8 Å². The van der Waals surface area contributed by atoms with Crippen molar-refractivity contribution in [3.63, 3.8) is 0 Å². The highest BCUT2D eigenvalue weighted by Crippen LogP contribution is 2.50. The molecule has 1 atom stereocenters. The molecule has 3 nitrogen and oxygen atoms in total. The molecule has 0 aromatic carbocycles. The van der Waals surface area contributed by atoms with E-state index in [9.17, 15) is 9.90 Å². The topological polar surface area (TPSA) is 46.5 Å². The first-order valence-corrected chi connectivity index (χ1v) is 5.19. The van der Waals surface area contributed by atoms with Gasteiger partial charge in [-0.05, 0) is 32.1 Å². The highest BCUT2D eigenvalue weighted by atomic mass is 16.5. The van der Waals surface area contributed by atoms with E-state index in [1.165, 1.54) is 7.11 Å². The first kappa shape index (κ1) is 11.5. The van der Waals surface area contributed by atoms with E-state index in [1.807, 2.05) is 20.8 Å². The highest BCUT2D eigenvalue weighted by Gasteiger charge is 2.57. The Morgan fingerprint density at radius 3 is 2.21 bits per heavy atom. The van der Waals surface area contributed by atoms with Crippen molar-refractivity contribution < 1.29 is 14.6 Å². The molecule has 1 aliphatic rings. The SMILES string of the molecule is COC(=O)C(C)(C(C)C)C1(O)CCC1. The zero-order chi connectivity index (χ0) is 11.0. The molecule has 0 spiro atoms. The molecule has 3 heteroatoms. The number of rotatable bonds is 3. The second-order valence-electron chi connectivity index (χ2n) is 4.73. The van der Waals surface area contributed by atoms with Crippen LogP contribution in [-0.4, -0.2) is 23.8 Å². The standard InChI is InChI=1S/C11H20O3/c1-8(2)10(3,9(12)14-4)11(13)6-5-7-11/h8,13H,5-7H2,1-4H3. The predicted molar refractivity (Wildman–Crippen MR) is 53.8 cm³/mol. The molecule has 82 valence electrons. The minimum absolute atomic E-state index is 0.0836. The van der Waals surface area contributed by atoms with E-state index in [4.69, 9.17) is 4.74 Å². The van der Waals surface area contributed by atoms with Gasteiger partial charge in [-0.2, -0.15) is 0 Å². The van der Waals surface area contributed by atoms with Gasteiger partial charge < -0.3 is 9.84 Å². The van der Waals surface area contributed by atoms with E-state index in [-0.39, 0.29) is 11.9 Å². The molecule has 0 bridgehead atoms. The molecule has 1 N–H and O–H groups in total. The van der Waals surface area contributed by atoms with Crippen LogP contribution in [0.2, 0.25) is 0 Å². The van der Waals surface area contributed by atoms with Crippen molar-refractivity contribution in [2.75, 3.05) is 7.11 Å². The molecule has 0 heterocycles. The van der Waals surface area contributed by atoms with Crippen LogP contribution in [0.25, 0.3) is 0 Å². The molecule has 0 amide bonds. The van der Waals surface area contributed by atoms with Crippen molar-refractivity contribution in [2.24, 2.45) is 11.3 Å². The van der Waals surface area contributed by atoms with E-state index >= 15 is 0 Å². The molecule has 0 aliphatic heterocycles. The lowest BCUT2D eigenvalue weighted by molar-refractivity contribution is -0.193. The van der Waals surface area contributed by atoms with Gasteiger partial charge in [-0.25, -0.2) is 0 Å². The smallest absolute Gasteiger partial charge is 0.314 e. The average Bonchev–Trinajstić information content (AvgIpc) is 2.10. The van der Waals surface area contributed by atoms with Crippen LogP contribution >= 0.6 is 0 Å². The zero-order valence-electron chi connectivity index (χ0n) is 9.46. The maximum Gasteiger partial charge on any atom is 0.314 e. The molecule has 1 aliphatic carbocycles. The van der Waals surface area contributed by atoms with Gasteiger partial charge in [-0.3, -0.25) is 4.79 Å². The monoisotopic (exact) mass is 200 g/mol. The Morgan fingerprint density at radius 2 is 2.00 bits per heavy atom. The van der Waals surface area contributed by atoms with Crippen LogP contribution in [0.3, 0.4) is 0 Å². The number of aliphatic hydroxyl groups is 1. The van der Waals surface area contributed by atoms with Crippen LogP contribution in [0.1, 0.15) is 40.0 Å². The van der Waals surface area contributed by atoms with Gasteiger partial charge in [0.15, 0.2) is 0 Å². The maximum atomic E-state index is 11.7. The molecular weight excluding hydrogens is 180 g/mol. The van der Waals surface area contributed by atoms with Gasteiger partial charge in [0.2, 0.25) is 0 Å². The summed E-state index contributed by atoms with van der Waals surface area (Å²) in [7, 11) is 1.38. The number of hydrogen-bond donors (Lipinski definition) is 1.